The van der Waals surface area contributed by atoms with Gasteiger partial charge in [0.1, 0.15) is 18.2 Å². The predicted molar refractivity (Wildman–Crippen MR) is 210 cm³/mol. The maximum Gasteiger partial charge on any atom is 0.329 e. The molecule has 12 heteroatoms. The maximum absolute atomic E-state index is 14.2. The molecule has 1 N–H and O–H groups in total. The number of allylic oxidation sites excluding steroid dienone is 4. The third-order valence-electron chi connectivity index (χ3n) is 12.3. The normalized spacial score (nSPS) is 41.0. The van der Waals surface area contributed by atoms with Gasteiger partial charge >= 0.3 is 5.97 Å². The van der Waals surface area contributed by atoms with E-state index in [1.807, 2.05) is 33.8 Å². The van der Waals surface area contributed by atoms with Gasteiger partial charge in [-0.15, -0.1) is 11.6 Å². The van der Waals surface area contributed by atoms with E-state index in [0.29, 0.717) is 38.5 Å². The van der Waals surface area contributed by atoms with Crippen LogP contribution in [0.15, 0.2) is 35.5 Å². The molecule has 0 unspecified atom stereocenters. The number of Topliss-reactive ketones (excluding diaryl/α,β-unsaturated/α-hetero) is 1. The van der Waals surface area contributed by atoms with Crippen molar-refractivity contribution in [3.8, 4) is 0 Å². The van der Waals surface area contributed by atoms with Crippen LogP contribution in [0, 0.1) is 29.6 Å². The van der Waals surface area contributed by atoms with Crippen molar-refractivity contribution >= 4 is 35.0 Å². The molecule has 2 saturated heterocycles. The minimum Gasteiger partial charge on any atom is -0.456 e. The molecule has 4 aliphatic rings. The van der Waals surface area contributed by atoms with Gasteiger partial charge in [0.2, 0.25) is 5.79 Å². The summed E-state index contributed by atoms with van der Waals surface area (Å²) in [6, 6.07) is -1.05. The van der Waals surface area contributed by atoms with Gasteiger partial charge in [0.15, 0.2) is 5.78 Å². The quantitative estimate of drug-likeness (QED) is 0.137. The van der Waals surface area contributed by atoms with Crippen LogP contribution in [0.5, 0.6) is 0 Å². The molecule has 3 fully saturated rings. The minimum atomic E-state index is -2.46. The Hall–Kier alpha value is -2.41. The summed E-state index contributed by atoms with van der Waals surface area (Å²) in [7, 11) is 4.76. The van der Waals surface area contributed by atoms with E-state index in [0.717, 1.165) is 30.4 Å². The second kappa shape index (κ2) is 20.3. The lowest BCUT2D eigenvalue weighted by molar-refractivity contribution is -0.302. The topological polar surface area (TPSA) is 138 Å². The van der Waals surface area contributed by atoms with Crippen molar-refractivity contribution in [3.05, 3.63) is 35.5 Å². The number of ether oxygens (including phenoxy) is 5. The number of fused-ring (bicyclic) bond motifs is 3. The Morgan fingerprint density at radius 3 is 2.31 bits per heavy atom. The highest BCUT2D eigenvalue weighted by molar-refractivity contribution is 6.39. The van der Waals surface area contributed by atoms with Crippen molar-refractivity contribution in [2.24, 2.45) is 29.6 Å². The van der Waals surface area contributed by atoms with Crippen LogP contribution in [0.1, 0.15) is 106 Å². The number of methoxy groups -OCH3 is 3. The first-order valence-electron chi connectivity index (χ1n) is 20.3. The van der Waals surface area contributed by atoms with Crippen LogP contribution < -0.4 is 0 Å². The van der Waals surface area contributed by atoms with Crippen LogP contribution in [0.3, 0.4) is 0 Å². The standard InChI is InChI=1S/C43H66ClNO10/c1-10-31-20-25(2)19-26(3)21-36(52-8)39-37(53-9)23-29(6)43(50,55-39)40(47)41(48)45-18-12-11-13-33(45)42(49)54-38(27(4)14-17-34(31)46)28(5)22-30-15-16-32(44)35(24-30)51-7/h14,17,20,22,26-27,29-33,35-39,50H,10-13,15-16,18-19,21,23-24H2,1-9H3/b17-14+,25-20+,28-22+/t26-,27+,29+,30-,31+,32-,33-,35+,36+,37-,38-,39+,43+/m0/s1. The van der Waals surface area contributed by atoms with Crippen molar-refractivity contribution in [3.63, 3.8) is 0 Å². The Bertz CT molecular complexity index is 1450. The highest BCUT2D eigenvalue weighted by Gasteiger charge is 2.56. The number of nitrogens with zero attached hydrogens (tertiary/aromatic N) is 1. The molecule has 55 heavy (non-hydrogen) atoms. The predicted octanol–water partition coefficient (Wildman–Crippen LogP) is 6.52. The average molecular weight is 792 g/mol. The molecule has 0 radical (unpaired) electrons. The number of piperidine rings is 1. The molecule has 0 spiro atoms. The van der Waals surface area contributed by atoms with Crippen LogP contribution in [-0.4, -0.2) is 109 Å². The van der Waals surface area contributed by atoms with E-state index in [9.17, 15) is 24.3 Å². The summed E-state index contributed by atoms with van der Waals surface area (Å²) in [6.45, 7) is 11.7. The zero-order valence-corrected chi connectivity index (χ0v) is 35.2. The van der Waals surface area contributed by atoms with E-state index in [1.165, 1.54) is 4.90 Å². The molecule has 1 aliphatic carbocycles. The lowest BCUT2D eigenvalue weighted by Crippen LogP contribution is -2.64. The second-order valence-corrected chi connectivity index (χ2v) is 17.2. The fraction of sp³-hybridized carbons (Fsp3) is 0.767. The number of amides is 1. The van der Waals surface area contributed by atoms with Crippen LogP contribution in [0.2, 0.25) is 0 Å². The number of hydrogen-bond donors (Lipinski definition) is 1. The van der Waals surface area contributed by atoms with Gasteiger partial charge in [-0.2, -0.15) is 0 Å². The molecule has 1 saturated carbocycles. The van der Waals surface area contributed by atoms with Gasteiger partial charge in [0.25, 0.3) is 11.7 Å². The summed E-state index contributed by atoms with van der Waals surface area (Å²) in [5.41, 5.74) is 1.87. The van der Waals surface area contributed by atoms with Gasteiger partial charge in [-0.05, 0) is 102 Å². The Balaban J connectivity index is 1.76. The summed E-state index contributed by atoms with van der Waals surface area (Å²) in [5, 5.41) is 11.9. The molecule has 0 aromatic carbocycles. The van der Waals surface area contributed by atoms with Gasteiger partial charge in [0.05, 0.1) is 23.7 Å². The highest BCUT2D eigenvalue weighted by Crippen LogP contribution is 2.39. The molecular formula is C43H66ClNO10. The number of aliphatic hydroxyl groups is 1. The van der Waals surface area contributed by atoms with Gasteiger partial charge in [-0.1, -0.05) is 51.5 Å². The molecule has 1 amide bonds. The van der Waals surface area contributed by atoms with Crippen LogP contribution in [0.25, 0.3) is 0 Å². The summed E-state index contributed by atoms with van der Waals surface area (Å²) in [5.74, 6) is -6.55. The first-order valence-corrected chi connectivity index (χ1v) is 20.8. The fourth-order valence-electron chi connectivity index (χ4n) is 9.05. The Kier molecular flexibility index (Phi) is 16.7. The number of alkyl halides is 1. The monoisotopic (exact) mass is 791 g/mol. The molecule has 0 aromatic rings. The molecule has 0 aromatic heterocycles. The van der Waals surface area contributed by atoms with Crippen molar-refractivity contribution in [2.45, 2.75) is 153 Å². The second-order valence-electron chi connectivity index (χ2n) is 16.6. The summed E-state index contributed by atoms with van der Waals surface area (Å²) < 4.78 is 30.0. The van der Waals surface area contributed by atoms with Gasteiger partial charge in [-0.25, -0.2) is 4.79 Å². The smallest absolute Gasteiger partial charge is 0.329 e. The largest absolute Gasteiger partial charge is 0.456 e. The number of halogens is 1. The van der Waals surface area contributed by atoms with Crippen LogP contribution >= 0.6 is 11.6 Å². The fourth-order valence-corrected chi connectivity index (χ4v) is 9.38. The van der Waals surface area contributed by atoms with E-state index in [2.05, 4.69) is 13.0 Å². The van der Waals surface area contributed by atoms with E-state index < -0.39 is 65.7 Å². The molecule has 4 rings (SSSR count). The molecule has 2 bridgehead atoms. The number of hydrogen-bond acceptors (Lipinski definition) is 10. The first kappa shape index (κ1) is 45.3. The molecular weight excluding hydrogens is 726 g/mol. The average Bonchev–Trinajstić information content (AvgIpc) is 3.17. The van der Waals surface area contributed by atoms with Crippen molar-refractivity contribution in [2.75, 3.05) is 27.9 Å². The Morgan fingerprint density at radius 2 is 1.65 bits per heavy atom. The lowest BCUT2D eigenvalue weighted by atomic mass is 9.82. The lowest BCUT2D eigenvalue weighted by Gasteiger charge is -2.47. The van der Waals surface area contributed by atoms with E-state index in [-0.39, 0.29) is 48.0 Å². The zero-order valence-electron chi connectivity index (χ0n) is 34.5. The van der Waals surface area contributed by atoms with E-state index in [1.54, 1.807) is 40.4 Å². The number of rotatable bonds is 6. The van der Waals surface area contributed by atoms with Crippen LogP contribution in [-0.2, 0) is 42.9 Å². The highest BCUT2D eigenvalue weighted by atomic mass is 35.5. The third-order valence-corrected chi connectivity index (χ3v) is 12.8. The minimum absolute atomic E-state index is 0.0356. The van der Waals surface area contributed by atoms with E-state index >= 15 is 0 Å². The molecule has 3 aliphatic heterocycles. The van der Waals surface area contributed by atoms with E-state index in [4.69, 9.17) is 35.3 Å². The zero-order chi connectivity index (χ0) is 40.6. The number of esters is 1. The Labute approximate surface area is 333 Å². The van der Waals surface area contributed by atoms with Gasteiger partial charge in [-0.3, -0.25) is 14.4 Å². The summed E-state index contributed by atoms with van der Waals surface area (Å²) >= 11 is 6.53. The van der Waals surface area contributed by atoms with Crippen molar-refractivity contribution in [1.82, 2.24) is 4.90 Å². The van der Waals surface area contributed by atoms with Gasteiger partial charge in [0, 0.05) is 45.6 Å². The van der Waals surface area contributed by atoms with Crippen molar-refractivity contribution < 1.29 is 48.0 Å². The molecule has 13 atom stereocenters. The summed E-state index contributed by atoms with van der Waals surface area (Å²) in [6.07, 6.45) is 10.7. The summed E-state index contributed by atoms with van der Waals surface area (Å²) in [4.78, 5) is 57.5. The number of cyclic esters (lactones) is 1. The molecule has 11 nitrogen and oxygen atoms in total. The maximum atomic E-state index is 14.2. The van der Waals surface area contributed by atoms with Gasteiger partial charge < -0.3 is 33.7 Å². The Morgan fingerprint density at radius 1 is 0.982 bits per heavy atom. The molecule has 3 heterocycles. The van der Waals surface area contributed by atoms with Crippen molar-refractivity contribution in [1.29, 1.82) is 0 Å². The number of carbonyl (C=O) groups excluding carboxylic acids is 4. The number of ketones is 2. The SMILES string of the molecule is CC[C@@H]1/C=C(\C)C[C@H](C)C[C@@H](OC)[C@H]2O[C@@](O)(C(=O)C(=O)N3CCCC[C@H]3C(=O)O[C@H](/C(C)=C/[C@@H]3CC[C@H](Cl)[C@H](OC)C3)[C@H](C)/C=C/C1=O)[C@H](C)C[C@@H]2OC. The number of carbonyl (C=O) groups is 4. The molecule has 310 valence electrons. The third kappa shape index (κ3) is 11.0. The van der Waals surface area contributed by atoms with Crippen LogP contribution in [0.4, 0.5) is 0 Å². The first-order chi connectivity index (χ1) is 26.1.